The van der Waals surface area contributed by atoms with Gasteiger partial charge in [0.15, 0.2) is 0 Å². The molecule has 0 aliphatic carbocycles. The molecule has 4 nitrogen and oxygen atoms in total. The third-order valence-electron chi connectivity index (χ3n) is 0.943. The molecule has 0 unspecified atom stereocenters. The minimum Gasteiger partial charge on any atom is -0.427 e. The van der Waals surface area contributed by atoms with Crippen LogP contribution in [0.2, 0.25) is 0 Å². The number of nitrogens with two attached hydrogens (primary N) is 1. The Hall–Kier alpha value is -1.58. The lowest BCUT2D eigenvalue weighted by Gasteiger charge is -1.94. The van der Waals surface area contributed by atoms with Crippen LogP contribution in [0.5, 0.6) is 5.75 Å². The van der Waals surface area contributed by atoms with Gasteiger partial charge in [0.05, 0.1) is 6.20 Å². The van der Waals surface area contributed by atoms with Gasteiger partial charge in [-0.05, 0) is 12.1 Å². The molecule has 0 spiro atoms. The van der Waals surface area contributed by atoms with Gasteiger partial charge in [-0.1, -0.05) is 0 Å². The van der Waals surface area contributed by atoms with E-state index in [2.05, 4.69) is 9.72 Å². The minimum atomic E-state index is 0.340. The zero-order valence-corrected chi connectivity index (χ0v) is 5.15. The Morgan fingerprint density at radius 3 is 2.90 bits per heavy atom. The zero-order chi connectivity index (χ0) is 7.40. The van der Waals surface area contributed by atoms with Crippen LogP contribution in [-0.2, 0) is 4.79 Å². The highest BCUT2D eigenvalue weighted by molar-refractivity contribution is 5.45. The summed E-state index contributed by atoms with van der Waals surface area (Å²) in [6.07, 6.45) is 1.38. The van der Waals surface area contributed by atoms with Crippen molar-refractivity contribution >= 4 is 12.3 Å². The second-order valence-corrected chi connectivity index (χ2v) is 1.63. The van der Waals surface area contributed by atoms with Crippen molar-refractivity contribution in [3.05, 3.63) is 18.3 Å². The Balaban J connectivity index is 2.78. The van der Waals surface area contributed by atoms with Crippen molar-refractivity contribution in [1.29, 1.82) is 0 Å². The van der Waals surface area contributed by atoms with Crippen LogP contribution in [0.25, 0.3) is 0 Å². The quantitative estimate of drug-likeness (QED) is 0.593. The van der Waals surface area contributed by atoms with Crippen LogP contribution < -0.4 is 10.5 Å². The van der Waals surface area contributed by atoms with E-state index in [1.165, 1.54) is 6.20 Å². The summed E-state index contributed by atoms with van der Waals surface area (Å²) >= 11 is 0. The molecule has 0 amide bonds. The number of anilines is 1. The Labute approximate surface area is 57.6 Å². The number of pyridine rings is 1. The standard InChI is InChI=1S/C6H6N2O2/c7-6-2-1-5(3-8-6)10-4-9/h1-4H,(H2,7,8). The van der Waals surface area contributed by atoms with Crippen molar-refractivity contribution in [3.8, 4) is 5.75 Å². The Bertz CT molecular complexity index is 220. The average molecular weight is 138 g/mol. The van der Waals surface area contributed by atoms with Crippen LogP contribution in [0.4, 0.5) is 5.82 Å². The third-order valence-corrected chi connectivity index (χ3v) is 0.943. The molecular weight excluding hydrogens is 132 g/mol. The highest BCUT2D eigenvalue weighted by Crippen LogP contribution is 2.07. The number of carbonyl (C=O) groups excluding carboxylic acids is 1. The van der Waals surface area contributed by atoms with Crippen molar-refractivity contribution in [1.82, 2.24) is 4.98 Å². The largest absolute Gasteiger partial charge is 0.427 e. The van der Waals surface area contributed by atoms with Gasteiger partial charge in [0.25, 0.3) is 6.47 Å². The van der Waals surface area contributed by atoms with Gasteiger partial charge in [-0.3, -0.25) is 4.79 Å². The van der Waals surface area contributed by atoms with E-state index in [0.29, 0.717) is 18.0 Å². The van der Waals surface area contributed by atoms with Crippen LogP contribution in [0.15, 0.2) is 18.3 Å². The summed E-state index contributed by atoms with van der Waals surface area (Å²) in [7, 11) is 0. The normalized spacial score (nSPS) is 8.80. The zero-order valence-electron chi connectivity index (χ0n) is 5.15. The summed E-state index contributed by atoms with van der Waals surface area (Å²) in [4.78, 5) is 13.5. The van der Waals surface area contributed by atoms with E-state index in [4.69, 9.17) is 5.73 Å². The Morgan fingerprint density at radius 2 is 2.40 bits per heavy atom. The van der Waals surface area contributed by atoms with Gasteiger partial charge in [-0.25, -0.2) is 4.98 Å². The number of aromatic nitrogens is 1. The molecule has 0 aromatic carbocycles. The van der Waals surface area contributed by atoms with Crippen molar-refractivity contribution in [3.63, 3.8) is 0 Å². The lowest BCUT2D eigenvalue weighted by Crippen LogP contribution is -1.92. The molecule has 0 bridgehead atoms. The van der Waals surface area contributed by atoms with E-state index in [-0.39, 0.29) is 0 Å². The van der Waals surface area contributed by atoms with E-state index in [1.807, 2.05) is 0 Å². The van der Waals surface area contributed by atoms with Gasteiger partial charge in [-0.2, -0.15) is 0 Å². The van der Waals surface area contributed by atoms with Gasteiger partial charge >= 0.3 is 0 Å². The monoisotopic (exact) mass is 138 g/mol. The maximum Gasteiger partial charge on any atom is 0.298 e. The van der Waals surface area contributed by atoms with E-state index >= 15 is 0 Å². The van der Waals surface area contributed by atoms with Crippen molar-refractivity contribution in [2.45, 2.75) is 0 Å². The molecule has 4 heteroatoms. The molecule has 0 saturated heterocycles. The molecule has 1 aromatic heterocycles. The lowest BCUT2D eigenvalue weighted by molar-refractivity contribution is -0.120. The molecule has 1 aromatic rings. The predicted molar refractivity (Wildman–Crippen MR) is 35.3 cm³/mol. The fourth-order valence-corrected chi connectivity index (χ4v) is 0.517. The number of nitrogens with zero attached hydrogens (tertiary/aromatic N) is 1. The summed E-state index contributed by atoms with van der Waals surface area (Å²) in [5.74, 6) is 0.794. The molecule has 0 atom stereocenters. The molecule has 2 N–H and O–H groups in total. The maximum absolute atomic E-state index is 9.78. The molecule has 0 fully saturated rings. The van der Waals surface area contributed by atoms with Crippen molar-refractivity contribution < 1.29 is 9.53 Å². The summed E-state index contributed by atoms with van der Waals surface area (Å²) in [5.41, 5.74) is 5.27. The lowest BCUT2D eigenvalue weighted by atomic mass is 10.4. The van der Waals surface area contributed by atoms with E-state index < -0.39 is 0 Å². The number of rotatable bonds is 2. The topological polar surface area (TPSA) is 65.2 Å². The molecule has 0 radical (unpaired) electrons. The number of carbonyl (C=O) groups is 1. The van der Waals surface area contributed by atoms with Crippen molar-refractivity contribution in [2.24, 2.45) is 0 Å². The first-order valence-electron chi connectivity index (χ1n) is 2.65. The highest BCUT2D eigenvalue weighted by Gasteiger charge is 1.90. The highest BCUT2D eigenvalue weighted by atomic mass is 16.5. The Kier molecular flexibility index (Phi) is 1.84. The summed E-state index contributed by atoms with van der Waals surface area (Å²) < 4.78 is 4.46. The minimum absolute atomic E-state index is 0.340. The SMILES string of the molecule is Nc1ccc(OC=O)cn1. The molecule has 0 saturated carbocycles. The van der Waals surface area contributed by atoms with E-state index in [0.717, 1.165) is 0 Å². The second-order valence-electron chi connectivity index (χ2n) is 1.63. The van der Waals surface area contributed by atoms with Crippen molar-refractivity contribution in [2.75, 3.05) is 5.73 Å². The molecule has 0 aliphatic heterocycles. The van der Waals surface area contributed by atoms with Gasteiger partial charge in [0.2, 0.25) is 0 Å². The summed E-state index contributed by atoms with van der Waals surface area (Å²) in [6.45, 7) is 0.340. The van der Waals surface area contributed by atoms with E-state index in [9.17, 15) is 4.79 Å². The first-order valence-corrected chi connectivity index (χ1v) is 2.65. The molecule has 1 heterocycles. The van der Waals surface area contributed by atoms with Crippen LogP contribution in [-0.4, -0.2) is 11.5 Å². The van der Waals surface area contributed by atoms with Crippen LogP contribution in [0.1, 0.15) is 0 Å². The van der Waals surface area contributed by atoms with Gasteiger partial charge < -0.3 is 10.5 Å². The summed E-state index contributed by atoms with van der Waals surface area (Å²) in [6, 6.07) is 3.12. The van der Waals surface area contributed by atoms with Crippen LogP contribution >= 0.6 is 0 Å². The number of hydrogen-bond acceptors (Lipinski definition) is 4. The fraction of sp³-hybridized carbons (Fsp3) is 0. The van der Waals surface area contributed by atoms with Crippen LogP contribution in [0.3, 0.4) is 0 Å². The predicted octanol–water partition coefficient (Wildman–Crippen LogP) is 0.199. The average Bonchev–Trinajstić information content (AvgIpc) is 1.95. The maximum atomic E-state index is 9.78. The van der Waals surface area contributed by atoms with Gasteiger partial charge in [-0.15, -0.1) is 0 Å². The number of nitrogen functional groups attached to an aromatic ring is 1. The first kappa shape index (κ1) is 6.54. The first-order chi connectivity index (χ1) is 4.83. The van der Waals surface area contributed by atoms with Crippen LogP contribution in [0, 0.1) is 0 Å². The second kappa shape index (κ2) is 2.82. The molecule has 0 aliphatic rings. The molecular formula is C6H6N2O2. The summed E-state index contributed by atoms with van der Waals surface area (Å²) in [5, 5.41) is 0. The number of hydrogen-bond donors (Lipinski definition) is 1. The fourth-order valence-electron chi connectivity index (χ4n) is 0.517. The third kappa shape index (κ3) is 1.45. The number of ether oxygens (including phenoxy) is 1. The molecule has 52 valence electrons. The van der Waals surface area contributed by atoms with E-state index in [1.54, 1.807) is 12.1 Å². The smallest absolute Gasteiger partial charge is 0.298 e. The molecule has 10 heavy (non-hydrogen) atoms. The van der Waals surface area contributed by atoms with Gasteiger partial charge in [0.1, 0.15) is 11.6 Å². The molecule has 1 rings (SSSR count). The Morgan fingerprint density at radius 1 is 1.60 bits per heavy atom. The van der Waals surface area contributed by atoms with Gasteiger partial charge in [0, 0.05) is 0 Å².